The van der Waals surface area contributed by atoms with E-state index in [4.69, 9.17) is 16.7 Å². The topological polar surface area (TPSA) is 37.3 Å². The van der Waals surface area contributed by atoms with Gasteiger partial charge in [-0.15, -0.1) is 11.6 Å². The van der Waals surface area contributed by atoms with Gasteiger partial charge in [-0.05, 0) is 18.4 Å². The Bertz CT molecular complexity index is 272. The zero-order valence-corrected chi connectivity index (χ0v) is 7.87. The molecule has 0 spiro atoms. The van der Waals surface area contributed by atoms with Crippen molar-refractivity contribution in [3.05, 3.63) is 35.9 Å². The van der Waals surface area contributed by atoms with E-state index in [1.165, 1.54) is 0 Å². The highest BCUT2D eigenvalue weighted by molar-refractivity contribution is 6.29. The first-order valence-electron chi connectivity index (χ1n) is 4.11. The van der Waals surface area contributed by atoms with E-state index in [-0.39, 0.29) is 0 Å². The van der Waals surface area contributed by atoms with Gasteiger partial charge in [-0.3, -0.25) is 4.79 Å². The molecule has 1 unspecified atom stereocenters. The van der Waals surface area contributed by atoms with Crippen LogP contribution in [0.5, 0.6) is 0 Å². The van der Waals surface area contributed by atoms with Gasteiger partial charge in [-0.2, -0.15) is 0 Å². The molecule has 0 aliphatic heterocycles. The summed E-state index contributed by atoms with van der Waals surface area (Å²) in [6.07, 6.45) is 1.18. The van der Waals surface area contributed by atoms with Crippen molar-refractivity contribution in [2.75, 3.05) is 0 Å². The Labute approximate surface area is 82.2 Å². The number of aliphatic carboxylic acids is 1. The van der Waals surface area contributed by atoms with Crippen molar-refractivity contribution in [2.45, 2.75) is 18.2 Å². The average molecular weight is 199 g/mol. The van der Waals surface area contributed by atoms with E-state index in [1.807, 2.05) is 30.3 Å². The van der Waals surface area contributed by atoms with Crippen LogP contribution in [0.1, 0.15) is 12.0 Å². The van der Waals surface area contributed by atoms with E-state index in [9.17, 15) is 4.79 Å². The zero-order valence-electron chi connectivity index (χ0n) is 7.11. The number of carboxylic acid groups (broad SMARTS) is 1. The smallest absolute Gasteiger partial charge is 0.321 e. The van der Waals surface area contributed by atoms with Crippen molar-refractivity contribution < 1.29 is 9.90 Å². The maximum Gasteiger partial charge on any atom is 0.321 e. The standard InChI is InChI=1S/C10H11ClO2/c11-9(10(12)13)7-6-8-4-2-1-3-5-8/h1-5,9H,6-7H2,(H,12,13). The molecule has 0 saturated carbocycles. The van der Waals surface area contributed by atoms with Gasteiger partial charge in [0.2, 0.25) is 0 Å². The largest absolute Gasteiger partial charge is 0.480 e. The number of aryl methyl sites for hydroxylation is 1. The number of halogens is 1. The minimum absolute atomic E-state index is 0.473. The highest BCUT2D eigenvalue weighted by atomic mass is 35.5. The molecule has 13 heavy (non-hydrogen) atoms. The molecule has 0 saturated heterocycles. The summed E-state index contributed by atoms with van der Waals surface area (Å²) in [4.78, 5) is 10.4. The third-order valence-electron chi connectivity index (χ3n) is 1.80. The molecule has 0 bridgehead atoms. The fourth-order valence-corrected chi connectivity index (χ4v) is 1.17. The van der Waals surface area contributed by atoms with Crippen molar-refractivity contribution >= 4 is 17.6 Å². The number of hydrogen-bond acceptors (Lipinski definition) is 1. The molecule has 2 nitrogen and oxygen atoms in total. The molecule has 0 amide bonds. The first-order valence-corrected chi connectivity index (χ1v) is 4.54. The minimum Gasteiger partial charge on any atom is -0.480 e. The third kappa shape index (κ3) is 3.47. The van der Waals surface area contributed by atoms with Crippen LogP contribution in [0.4, 0.5) is 0 Å². The molecule has 1 aromatic carbocycles. The van der Waals surface area contributed by atoms with Crippen LogP contribution in [0.25, 0.3) is 0 Å². The van der Waals surface area contributed by atoms with Crippen LogP contribution in [0.3, 0.4) is 0 Å². The van der Waals surface area contributed by atoms with Crippen molar-refractivity contribution in [1.82, 2.24) is 0 Å². The van der Waals surface area contributed by atoms with Crippen LogP contribution >= 0.6 is 11.6 Å². The summed E-state index contributed by atoms with van der Waals surface area (Å²) in [5, 5.41) is 7.75. The number of hydrogen-bond donors (Lipinski definition) is 1. The Morgan fingerprint density at radius 1 is 1.38 bits per heavy atom. The van der Waals surface area contributed by atoms with Gasteiger partial charge in [-0.1, -0.05) is 30.3 Å². The van der Waals surface area contributed by atoms with Crippen LogP contribution in [0.15, 0.2) is 30.3 Å². The Morgan fingerprint density at radius 3 is 2.54 bits per heavy atom. The highest BCUT2D eigenvalue weighted by Gasteiger charge is 2.12. The maximum absolute atomic E-state index is 10.4. The van der Waals surface area contributed by atoms with Gasteiger partial charge in [0.25, 0.3) is 0 Å². The number of alkyl halides is 1. The van der Waals surface area contributed by atoms with E-state index in [0.29, 0.717) is 12.8 Å². The number of carboxylic acids is 1. The normalized spacial score (nSPS) is 12.4. The van der Waals surface area contributed by atoms with Crippen LogP contribution in [-0.2, 0) is 11.2 Å². The molecule has 1 aromatic rings. The fraction of sp³-hybridized carbons (Fsp3) is 0.300. The third-order valence-corrected chi connectivity index (χ3v) is 2.20. The molecule has 70 valence electrons. The maximum atomic E-state index is 10.4. The second-order valence-electron chi connectivity index (χ2n) is 2.83. The van der Waals surface area contributed by atoms with Crippen molar-refractivity contribution in [3.8, 4) is 0 Å². The van der Waals surface area contributed by atoms with Gasteiger partial charge in [-0.25, -0.2) is 0 Å². The van der Waals surface area contributed by atoms with Gasteiger partial charge in [0.15, 0.2) is 0 Å². The van der Waals surface area contributed by atoms with Gasteiger partial charge in [0, 0.05) is 0 Å². The van der Waals surface area contributed by atoms with Crippen molar-refractivity contribution in [3.63, 3.8) is 0 Å². The number of rotatable bonds is 4. The van der Waals surface area contributed by atoms with Crippen molar-refractivity contribution in [1.29, 1.82) is 0 Å². The Kier molecular flexibility index (Phi) is 3.77. The van der Waals surface area contributed by atoms with Gasteiger partial charge < -0.3 is 5.11 Å². The lowest BCUT2D eigenvalue weighted by Crippen LogP contribution is -2.13. The molecule has 0 aliphatic carbocycles. The second-order valence-corrected chi connectivity index (χ2v) is 3.36. The summed E-state index contributed by atoms with van der Waals surface area (Å²) in [5.74, 6) is -0.947. The van der Waals surface area contributed by atoms with E-state index < -0.39 is 11.3 Å². The fourth-order valence-electron chi connectivity index (χ4n) is 1.06. The summed E-state index contributed by atoms with van der Waals surface area (Å²) in [6.45, 7) is 0. The summed E-state index contributed by atoms with van der Waals surface area (Å²) >= 11 is 5.57. The van der Waals surface area contributed by atoms with Crippen LogP contribution in [0, 0.1) is 0 Å². The van der Waals surface area contributed by atoms with Gasteiger partial charge >= 0.3 is 5.97 Å². The monoisotopic (exact) mass is 198 g/mol. The predicted octanol–water partition coefficient (Wildman–Crippen LogP) is 2.31. The highest BCUT2D eigenvalue weighted by Crippen LogP contribution is 2.08. The average Bonchev–Trinajstić information content (AvgIpc) is 2.15. The Hall–Kier alpha value is -1.02. The molecule has 1 atom stereocenters. The lowest BCUT2D eigenvalue weighted by atomic mass is 10.1. The molecule has 0 radical (unpaired) electrons. The first kappa shape index (κ1) is 10.1. The van der Waals surface area contributed by atoms with E-state index in [2.05, 4.69) is 0 Å². The first-order chi connectivity index (χ1) is 6.20. The van der Waals surface area contributed by atoms with Crippen LogP contribution in [-0.4, -0.2) is 16.5 Å². The second kappa shape index (κ2) is 4.87. The van der Waals surface area contributed by atoms with Crippen molar-refractivity contribution in [2.24, 2.45) is 0 Å². The quantitative estimate of drug-likeness (QED) is 0.754. The lowest BCUT2D eigenvalue weighted by molar-refractivity contribution is -0.136. The number of carbonyl (C=O) groups is 1. The minimum atomic E-state index is -0.947. The molecule has 3 heteroatoms. The van der Waals surface area contributed by atoms with Gasteiger partial charge in [0.1, 0.15) is 5.38 Å². The van der Waals surface area contributed by atoms with Crippen LogP contribution < -0.4 is 0 Å². The Balaban J connectivity index is 2.39. The molecular formula is C10H11ClO2. The van der Waals surface area contributed by atoms with E-state index in [0.717, 1.165) is 5.56 Å². The zero-order chi connectivity index (χ0) is 9.68. The molecule has 0 aromatic heterocycles. The molecule has 1 N–H and O–H groups in total. The molecule has 1 rings (SSSR count). The molecule has 0 heterocycles. The molecule has 0 fully saturated rings. The summed E-state index contributed by atoms with van der Waals surface area (Å²) in [6, 6.07) is 9.72. The predicted molar refractivity (Wildman–Crippen MR) is 52.0 cm³/mol. The molecule has 0 aliphatic rings. The summed E-state index contributed by atoms with van der Waals surface area (Å²) < 4.78 is 0. The lowest BCUT2D eigenvalue weighted by Gasteiger charge is -2.03. The Morgan fingerprint density at radius 2 is 2.00 bits per heavy atom. The molecular weight excluding hydrogens is 188 g/mol. The van der Waals surface area contributed by atoms with Crippen LogP contribution in [0.2, 0.25) is 0 Å². The summed E-state index contributed by atoms with van der Waals surface area (Å²) in [7, 11) is 0. The number of benzene rings is 1. The van der Waals surface area contributed by atoms with E-state index >= 15 is 0 Å². The SMILES string of the molecule is O=C(O)C(Cl)CCc1ccccc1. The summed E-state index contributed by atoms with van der Waals surface area (Å²) in [5.41, 5.74) is 1.12. The van der Waals surface area contributed by atoms with E-state index in [1.54, 1.807) is 0 Å². The van der Waals surface area contributed by atoms with Gasteiger partial charge in [0.05, 0.1) is 0 Å².